The molecule has 2 aliphatic rings. The summed E-state index contributed by atoms with van der Waals surface area (Å²) in [5.74, 6) is 0.0232. The number of hydrazone groups is 1. The van der Waals surface area contributed by atoms with E-state index in [2.05, 4.69) is 5.10 Å². The van der Waals surface area contributed by atoms with Crippen LogP contribution in [0.15, 0.2) is 35.4 Å². The summed E-state index contributed by atoms with van der Waals surface area (Å²) < 4.78 is 0. The minimum absolute atomic E-state index is 0.0232. The Balaban J connectivity index is 1.60. The number of carbonyl (C=O) groups is 1. The second-order valence-corrected chi connectivity index (χ2v) is 5.71. The second kappa shape index (κ2) is 6.37. The Morgan fingerprint density at radius 3 is 2.86 bits per heavy atom. The van der Waals surface area contributed by atoms with Crippen molar-refractivity contribution in [3.8, 4) is 0 Å². The van der Waals surface area contributed by atoms with Gasteiger partial charge >= 0.3 is 0 Å². The first-order valence-corrected chi connectivity index (χ1v) is 7.56. The van der Waals surface area contributed by atoms with Gasteiger partial charge in [0, 0.05) is 13.0 Å². The zero-order valence-corrected chi connectivity index (χ0v) is 12.1. The highest BCUT2D eigenvalue weighted by Gasteiger charge is 2.25. The summed E-state index contributed by atoms with van der Waals surface area (Å²) in [5, 5.41) is 15.7. The number of aliphatic hydroxyl groups is 1. The molecule has 2 heterocycles. The molecule has 1 saturated heterocycles. The Kier molecular flexibility index (Phi) is 4.31. The highest BCUT2D eigenvalue weighted by molar-refractivity contribution is 6.02. The lowest BCUT2D eigenvalue weighted by atomic mass is 10.1. The van der Waals surface area contributed by atoms with Gasteiger partial charge in [-0.2, -0.15) is 5.10 Å². The number of hydrogen-bond acceptors (Lipinski definition) is 4. The topological polar surface area (TPSA) is 56.1 Å². The van der Waals surface area contributed by atoms with Crippen molar-refractivity contribution < 1.29 is 9.90 Å². The summed E-state index contributed by atoms with van der Waals surface area (Å²) in [6.07, 6.45) is 2.30. The molecule has 112 valence electrons. The van der Waals surface area contributed by atoms with Gasteiger partial charge in [0.15, 0.2) is 0 Å². The van der Waals surface area contributed by atoms with Gasteiger partial charge < -0.3 is 5.11 Å². The summed E-state index contributed by atoms with van der Waals surface area (Å²) in [6.45, 7) is 2.48. The van der Waals surface area contributed by atoms with Gasteiger partial charge in [0.05, 0.1) is 24.9 Å². The third kappa shape index (κ3) is 3.49. The Morgan fingerprint density at radius 2 is 2.10 bits per heavy atom. The summed E-state index contributed by atoms with van der Waals surface area (Å²) in [4.78, 5) is 14.3. The summed E-state index contributed by atoms with van der Waals surface area (Å²) >= 11 is 0. The van der Waals surface area contributed by atoms with Gasteiger partial charge in [0.2, 0.25) is 0 Å². The molecule has 0 saturated carbocycles. The first-order chi connectivity index (χ1) is 10.2. The molecule has 0 radical (unpaired) electrons. The minimum Gasteiger partial charge on any atom is -0.392 e. The van der Waals surface area contributed by atoms with Crippen LogP contribution in [0.4, 0.5) is 0 Å². The van der Waals surface area contributed by atoms with Crippen molar-refractivity contribution in [2.45, 2.75) is 25.4 Å². The highest BCUT2D eigenvalue weighted by Crippen LogP contribution is 2.15. The van der Waals surface area contributed by atoms with E-state index in [1.54, 1.807) is 5.01 Å². The molecule has 0 spiro atoms. The molecular formula is C16H21N3O2. The molecule has 0 aliphatic carbocycles. The number of hydrogen-bond donors (Lipinski definition) is 1. The lowest BCUT2D eigenvalue weighted by Gasteiger charge is -2.30. The fraction of sp³-hybridized carbons (Fsp3) is 0.500. The number of carbonyl (C=O) groups excluding carboxylic acids is 1. The molecule has 1 amide bonds. The van der Waals surface area contributed by atoms with Crippen molar-refractivity contribution >= 4 is 11.6 Å². The fourth-order valence-electron chi connectivity index (χ4n) is 2.92. The van der Waals surface area contributed by atoms with Crippen LogP contribution in [0, 0.1) is 0 Å². The molecule has 0 aromatic heterocycles. The lowest BCUT2D eigenvalue weighted by molar-refractivity contribution is -0.132. The first kappa shape index (κ1) is 14.2. The van der Waals surface area contributed by atoms with Crippen molar-refractivity contribution in [3.63, 3.8) is 0 Å². The molecule has 3 rings (SSSR count). The van der Waals surface area contributed by atoms with E-state index < -0.39 is 0 Å². The molecule has 1 fully saturated rings. The van der Waals surface area contributed by atoms with Gasteiger partial charge in [0.25, 0.3) is 5.91 Å². The molecule has 1 atom stereocenters. The average Bonchev–Trinajstić information content (AvgIpc) is 2.98. The zero-order valence-electron chi connectivity index (χ0n) is 12.1. The van der Waals surface area contributed by atoms with Crippen LogP contribution in [0.5, 0.6) is 0 Å². The van der Waals surface area contributed by atoms with Gasteiger partial charge in [-0.25, -0.2) is 5.01 Å². The van der Waals surface area contributed by atoms with Gasteiger partial charge in [-0.05, 0) is 24.9 Å². The first-order valence-electron chi connectivity index (χ1n) is 7.56. The molecule has 1 aromatic carbocycles. The predicted octanol–water partition coefficient (Wildman–Crippen LogP) is 1.08. The number of rotatable bonds is 3. The zero-order chi connectivity index (χ0) is 14.7. The lowest BCUT2D eigenvalue weighted by Crippen LogP contribution is -2.44. The molecule has 2 aliphatic heterocycles. The van der Waals surface area contributed by atoms with E-state index in [0.717, 1.165) is 37.1 Å². The van der Waals surface area contributed by atoms with Crippen LogP contribution in [0.25, 0.3) is 0 Å². The number of aliphatic hydroxyl groups excluding tert-OH is 1. The monoisotopic (exact) mass is 287 g/mol. The summed E-state index contributed by atoms with van der Waals surface area (Å²) in [7, 11) is 0. The number of likely N-dealkylation sites (tertiary alicyclic amines) is 1. The van der Waals surface area contributed by atoms with Crippen molar-refractivity contribution in [2.24, 2.45) is 5.10 Å². The normalized spacial score (nSPS) is 23.2. The molecule has 21 heavy (non-hydrogen) atoms. The molecule has 1 aromatic rings. The van der Waals surface area contributed by atoms with Crippen LogP contribution < -0.4 is 0 Å². The van der Waals surface area contributed by atoms with Crippen LogP contribution in [-0.2, 0) is 4.79 Å². The summed E-state index contributed by atoms with van der Waals surface area (Å²) in [5.41, 5.74) is 2.06. The fourth-order valence-corrected chi connectivity index (χ4v) is 2.92. The maximum atomic E-state index is 12.3. The van der Waals surface area contributed by atoms with E-state index in [9.17, 15) is 9.90 Å². The maximum Gasteiger partial charge on any atom is 0.256 e. The number of benzene rings is 1. The molecule has 5 heteroatoms. The van der Waals surface area contributed by atoms with Crippen LogP contribution in [0.2, 0.25) is 0 Å². The standard InChI is InChI=1S/C16H21N3O2/c20-14-7-4-9-18(11-14)12-16(21)19-10-8-15(17-19)13-5-2-1-3-6-13/h1-3,5-6,14,20H,4,7-12H2/t14-/m0/s1. The van der Waals surface area contributed by atoms with E-state index in [0.29, 0.717) is 19.6 Å². The van der Waals surface area contributed by atoms with E-state index >= 15 is 0 Å². The molecular weight excluding hydrogens is 266 g/mol. The Morgan fingerprint density at radius 1 is 1.29 bits per heavy atom. The minimum atomic E-state index is -0.298. The molecule has 5 nitrogen and oxygen atoms in total. The van der Waals surface area contributed by atoms with Gasteiger partial charge in [0.1, 0.15) is 0 Å². The van der Waals surface area contributed by atoms with E-state index in [1.165, 1.54) is 0 Å². The van der Waals surface area contributed by atoms with Crippen LogP contribution in [-0.4, -0.2) is 58.9 Å². The van der Waals surface area contributed by atoms with E-state index in [-0.39, 0.29) is 12.0 Å². The van der Waals surface area contributed by atoms with E-state index in [4.69, 9.17) is 0 Å². The smallest absolute Gasteiger partial charge is 0.256 e. The molecule has 0 unspecified atom stereocenters. The van der Waals surface area contributed by atoms with Gasteiger partial charge in [-0.3, -0.25) is 9.69 Å². The van der Waals surface area contributed by atoms with Crippen molar-refractivity contribution in [3.05, 3.63) is 35.9 Å². The Bertz CT molecular complexity index is 530. The number of nitrogens with zero attached hydrogens (tertiary/aromatic N) is 3. The van der Waals surface area contributed by atoms with Crippen molar-refractivity contribution in [2.75, 3.05) is 26.2 Å². The predicted molar refractivity (Wildman–Crippen MR) is 81.0 cm³/mol. The van der Waals surface area contributed by atoms with Crippen molar-refractivity contribution in [1.82, 2.24) is 9.91 Å². The maximum absolute atomic E-state index is 12.3. The van der Waals surface area contributed by atoms with Crippen LogP contribution >= 0.6 is 0 Å². The second-order valence-electron chi connectivity index (χ2n) is 5.71. The third-order valence-electron chi connectivity index (χ3n) is 4.04. The Labute approximate surface area is 124 Å². The Hall–Kier alpha value is -1.72. The SMILES string of the molecule is O=C(CN1CCC[C@H](O)C1)N1CCC(c2ccccc2)=N1. The number of piperidine rings is 1. The quantitative estimate of drug-likeness (QED) is 0.905. The van der Waals surface area contributed by atoms with Crippen molar-refractivity contribution in [1.29, 1.82) is 0 Å². The highest BCUT2D eigenvalue weighted by atomic mass is 16.3. The van der Waals surface area contributed by atoms with E-state index in [1.807, 2.05) is 35.2 Å². The van der Waals surface area contributed by atoms with Crippen LogP contribution in [0.1, 0.15) is 24.8 Å². The van der Waals surface area contributed by atoms with Gasteiger partial charge in [-0.15, -0.1) is 0 Å². The largest absolute Gasteiger partial charge is 0.392 e. The van der Waals surface area contributed by atoms with Gasteiger partial charge in [-0.1, -0.05) is 30.3 Å². The number of amides is 1. The molecule has 1 N–H and O–H groups in total. The third-order valence-corrected chi connectivity index (χ3v) is 4.04. The van der Waals surface area contributed by atoms with Crippen LogP contribution in [0.3, 0.4) is 0 Å². The number of β-amino-alcohol motifs (C(OH)–C–C–N with tert-alkyl or cyclic N) is 1. The molecule has 0 bridgehead atoms. The summed E-state index contributed by atoms with van der Waals surface area (Å²) in [6, 6.07) is 9.99. The average molecular weight is 287 g/mol.